The Morgan fingerprint density at radius 3 is 3.11 bits per heavy atom. The monoisotopic (exact) mass is 247 g/mol. The Balaban J connectivity index is 1.87. The van der Waals surface area contributed by atoms with E-state index in [-0.39, 0.29) is 0 Å². The van der Waals surface area contributed by atoms with Crippen molar-refractivity contribution in [3.05, 3.63) is 29.6 Å². The molecule has 0 aromatic carbocycles. The molecule has 2 heterocycles. The van der Waals surface area contributed by atoms with E-state index in [2.05, 4.69) is 35.2 Å². The van der Waals surface area contributed by atoms with E-state index in [4.69, 9.17) is 0 Å². The number of hydrogen-bond donors (Lipinski definition) is 1. The van der Waals surface area contributed by atoms with Crippen LogP contribution in [0.4, 0.5) is 0 Å². The summed E-state index contributed by atoms with van der Waals surface area (Å²) < 4.78 is 0. The maximum Gasteiger partial charge on any atom is 0.0573 e. The van der Waals surface area contributed by atoms with E-state index in [1.165, 1.54) is 43.6 Å². The van der Waals surface area contributed by atoms with Crippen molar-refractivity contribution in [3.8, 4) is 0 Å². The van der Waals surface area contributed by atoms with Crippen LogP contribution in [0.2, 0.25) is 0 Å². The van der Waals surface area contributed by atoms with Crippen LogP contribution in [-0.4, -0.2) is 36.1 Å². The van der Waals surface area contributed by atoms with Crippen LogP contribution in [0.3, 0.4) is 0 Å². The normalized spacial score (nSPS) is 21.8. The third-order valence-electron chi connectivity index (χ3n) is 3.88. The maximum absolute atomic E-state index is 4.50. The highest BCUT2D eigenvalue weighted by Gasteiger charge is 2.14. The molecule has 1 aliphatic heterocycles. The molecule has 0 bridgehead atoms. The van der Waals surface area contributed by atoms with Gasteiger partial charge >= 0.3 is 0 Å². The number of pyridine rings is 1. The van der Waals surface area contributed by atoms with Gasteiger partial charge in [0, 0.05) is 18.8 Å². The van der Waals surface area contributed by atoms with Gasteiger partial charge in [0.05, 0.1) is 5.69 Å². The molecule has 0 amide bonds. The molecule has 1 aromatic rings. The first kappa shape index (κ1) is 13.5. The number of hydrogen-bond acceptors (Lipinski definition) is 3. The summed E-state index contributed by atoms with van der Waals surface area (Å²) >= 11 is 0. The second-order valence-electron chi connectivity index (χ2n) is 5.27. The zero-order valence-electron chi connectivity index (χ0n) is 11.7. The Morgan fingerprint density at radius 1 is 1.39 bits per heavy atom. The summed E-state index contributed by atoms with van der Waals surface area (Å²) in [6, 6.07) is 4.87. The Hall–Kier alpha value is -0.930. The van der Waals surface area contributed by atoms with E-state index in [0.29, 0.717) is 6.04 Å². The average molecular weight is 247 g/mol. The fraction of sp³-hybridized carbons (Fsp3) is 0.667. The van der Waals surface area contributed by atoms with Gasteiger partial charge < -0.3 is 10.2 Å². The van der Waals surface area contributed by atoms with Gasteiger partial charge in [0.15, 0.2) is 0 Å². The van der Waals surface area contributed by atoms with Crippen LogP contribution in [0.5, 0.6) is 0 Å². The van der Waals surface area contributed by atoms with Crippen molar-refractivity contribution in [2.24, 2.45) is 0 Å². The highest BCUT2D eigenvalue weighted by atomic mass is 15.1. The van der Waals surface area contributed by atoms with Crippen LogP contribution in [0, 0.1) is 0 Å². The van der Waals surface area contributed by atoms with Crippen molar-refractivity contribution in [1.82, 2.24) is 15.2 Å². The van der Waals surface area contributed by atoms with Gasteiger partial charge in [0.2, 0.25) is 0 Å². The van der Waals surface area contributed by atoms with E-state index in [1.807, 2.05) is 12.3 Å². The summed E-state index contributed by atoms with van der Waals surface area (Å²) in [4.78, 5) is 6.93. The molecule has 0 spiro atoms. The summed E-state index contributed by atoms with van der Waals surface area (Å²) in [6.07, 6.45) is 6.82. The van der Waals surface area contributed by atoms with Crippen molar-refractivity contribution in [1.29, 1.82) is 0 Å². The molecule has 100 valence electrons. The maximum atomic E-state index is 4.50. The lowest BCUT2D eigenvalue weighted by Crippen LogP contribution is -2.30. The molecule has 0 saturated carbocycles. The molecule has 0 aliphatic carbocycles. The fourth-order valence-corrected chi connectivity index (χ4v) is 2.64. The minimum absolute atomic E-state index is 0.654. The van der Waals surface area contributed by atoms with Crippen LogP contribution < -0.4 is 5.32 Å². The first-order valence-corrected chi connectivity index (χ1v) is 7.14. The molecule has 18 heavy (non-hydrogen) atoms. The zero-order chi connectivity index (χ0) is 12.8. The lowest BCUT2D eigenvalue weighted by molar-refractivity contribution is 0.343. The van der Waals surface area contributed by atoms with Gasteiger partial charge in [-0.2, -0.15) is 0 Å². The number of aryl methyl sites for hydroxylation is 1. The lowest BCUT2D eigenvalue weighted by Gasteiger charge is -2.17. The molecule has 3 heteroatoms. The van der Waals surface area contributed by atoms with E-state index >= 15 is 0 Å². The highest BCUT2D eigenvalue weighted by Crippen LogP contribution is 2.11. The second kappa shape index (κ2) is 6.86. The summed E-state index contributed by atoms with van der Waals surface area (Å²) in [7, 11) is 2.22. The Labute approximate surface area is 111 Å². The van der Waals surface area contributed by atoms with E-state index in [1.54, 1.807) is 0 Å². The molecule has 1 N–H and O–H groups in total. The molecule has 1 aliphatic rings. The van der Waals surface area contributed by atoms with Gasteiger partial charge in [-0.3, -0.25) is 4.98 Å². The van der Waals surface area contributed by atoms with Gasteiger partial charge in [-0.25, -0.2) is 0 Å². The predicted molar refractivity (Wildman–Crippen MR) is 75.6 cm³/mol. The van der Waals surface area contributed by atoms with Crippen molar-refractivity contribution >= 4 is 0 Å². The van der Waals surface area contributed by atoms with Gasteiger partial charge in [-0.15, -0.1) is 0 Å². The van der Waals surface area contributed by atoms with Gasteiger partial charge in [0.25, 0.3) is 0 Å². The van der Waals surface area contributed by atoms with Crippen molar-refractivity contribution < 1.29 is 0 Å². The Bertz CT molecular complexity index is 365. The van der Waals surface area contributed by atoms with E-state index < -0.39 is 0 Å². The Kier molecular flexibility index (Phi) is 5.14. The quantitative estimate of drug-likeness (QED) is 0.884. The van der Waals surface area contributed by atoms with Gasteiger partial charge in [-0.05, 0) is 57.5 Å². The smallest absolute Gasteiger partial charge is 0.0573 e. The average Bonchev–Trinajstić information content (AvgIpc) is 2.61. The van der Waals surface area contributed by atoms with Gasteiger partial charge in [0.1, 0.15) is 0 Å². The fourth-order valence-electron chi connectivity index (χ4n) is 2.64. The summed E-state index contributed by atoms with van der Waals surface area (Å²) in [5, 5.41) is 3.68. The van der Waals surface area contributed by atoms with E-state index in [0.717, 1.165) is 13.0 Å². The number of aromatic nitrogens is 1. The lowest BCUT2D eigenvalue weighted by atomic mass is 10.1. The molecular weight excluding hydrogens is 222 g/mol. The minimum Gasteiger partial charge on any atom is -0.308 e. The first-order chi connectivity index (χ1) is 8.79. The molecule has 1 atom stereocenters. The van der Waals surface area contributed by atoms with Crippen LogP contribution in [-0.2, 0) is 13.0 Å². The molecule has 1 aromatic heterocycles. The highest BCUT2D eigenvalue weighted by molar-refractivity contribution is 5.19. The number of nitrogens with one attached hydrogen (secondary N) is 1. The summed E-state index contributed by atoms with van der Waals surface area (Å²) in [5.41, 5.74) is 2.59. The first-order valence-electron chi connectivity index (χ1n) is 7.14. The molecule has 2 rings (SSSR count). The molecule has 1 unspecified atom stereocenters. The van der Waals surface area contributed by atoms with Crippen LogP contribution >= 0.6 is 0 Å². The third-order valence-corrected chi connectivity index (χ3v) is 3.88. The Morgan fingerprint density at radius 2 is 2.28 bits per heavy atom. The molecule has 1 fully saturated rings. The minimum atomic E-state index is 0.654. The second-order valence-corrected chi connectivity index (χ2v) is 5.27. The molecular formula is C15H25N3. The standard InChI is InChI=1S/C15H25N3/c1-3-13-6-4-9-16-15(13)12-17-14-7-5-10-18(2)11-8-14/h4,6,9,14,17H,3,5,7-8,10-12H2,1-2H3. The number of likely N-dealkylation sites (tertiary alicyclic amines) is 1. The van der Waals surface area contributed by atoms with Crippen LogP contribution in [0.1, 0.15) is 37.4 Å². The summed E-state index contributed by atoms with van der Waals surface area (Å²) in [5.74, 6) is 0. The van der Waals surface area contributed by atoms with Crippen LogP contribution in [0.15, 0.2) is 18.3 Å². The predicted octanol–water partition coefficient (Wildman–Crippen LogP) is 2.22. The molecule has 1 saturated heterocycles. The van der Waals surface area contributed by atoms with E-state index in [9.17, 15) is 0 Å². The SMILES string of the molecule is CCc1cccnc1CNC1CCCN(C)CC1. The third kappa shape index (κ3) is 3.79. The number of nitrogens with zero attached hydrogens (tertiary/aromatic N) is 2. The molecule has 0 radical (unpaired) electrons. The van der Waals surface area contributed by atoms with Crippen LogP contribution in [0.25, 0.3) is 0 Å². The summed E-state index contributed by atoms with van der Waals surface area (Å²) in [6.45, 7) is 5.56. The van der Waals surface area contributed by atoms with Gasteiger partial charge in [-0.1, -0.05) is 13.0 Å². The topological polar surface area (TPSA) is 28.2 Å². The van der Waals surface area contributed by atoms with Crippen molar-refractivity contribution in [2.75, 3.05) is 20.1 Å². The van der Waals surface area contributed by atoms with Crippen molar-refractivity contribution in [3.63, 3.8) is 0 Å². The zero-order valence-corrected chi connectivity index (χ0v) is 11.7. The molecule has 3 nitrogen and oxygen atoms in total. The van der Waals surface area contributed by atoms with Crippen molar-refractivity contribution in [2.45, 2.75) is 45.2 Å². The largest absolute Gasteiger partial charge is 0.308 e. The number of rotatable bonds is 4.